The largest absolute Gasteiger partial charge is 0.373 e. The molecule has 1 atom stereocenters. The minimum absolute atomic E-state index is 0.0398. The maximum absolute atomic E-state index is 12.2. The van der Waals surface area contributed by atoms with Gasteiger partial charge in [-0.25, -0.2) is 4.98 Å². The van der Waals surface area contributed by atoms with Gasteiger partial charge >= 0.3 is 0 Å². The van der Waals surface area contributed by atoms with Crippen LogP contribution in [0.15, 0.2) is 18.3 Å². The minimum atomic E-state index is -0.0398. The van der Waals surface area contributed by atoms with E-state index >= 15 is 0 Å². The summed E-state index contributed by atoms with van der Waals surface area (Å²) in [6, 6.07) is 3.50. The van der Waals surface area contributed by atoms with Crippen LogP contribution in [-0.4, -0.2) is 60.5 Å². The van der Waals surface area contributed by atoms with E-state index < -0.39 is 0 Å². The fraction of sp³-hybridized carbons (Fsp3) is 0.571. The highest BCUT2D eigenvalue weighted by atomic mass is 32.2. The first-order valence-electron chi connectivity index (χ1n) is 6.74. The van der Waals surface area contributed by atoms with Crippen molar-refractivity contribution in [2.24, 2.45) is 0 Å². The van der Waals surface area contributed by atoms with Gasteiger partial charge in [-0.2, -0.15) is 11.8 Å². The maximum atomic E-state index is 12.2. The molecule has 1 aliphatic rings. The number of thioether (sulfide) groups is 1. The van der Waals surface area contributed by atoms with Crippen molar-refractivity contribution in [1.82, 2.24) is 15.2 Å². The lowest BCUT2D eigenvalue weighted by molar-refractivity contribution is 0.0914. The molecule has 1 aromatic rings. The molecule has 0 aromatic carbocycles. The fourth-order valence-electron chi connectivity index (χ4n) is 2.30. The zero-order valence-electron chi connectivity index (χ0n) is 12.3. The lowest BCUT2D eigenvalue weighted by atomic mass is 9.97. The van der Waals surface area contributed by atoms with E-state index in [1.807, 2.05) is 11.8 Å². The molecule has 0 saturated carbocycles. The predicted octanol–water partition coefficient (Wildman–Crippen LogP) is 1.29. The van der Waals surface area contributed by atoms with Crippen LogP contribution in [-0.2, 0) is 0 Å². The topological polar surface area (TPSA) is 57.3 Å². The Morgan fingerprint density at radius 3 is 2.95 bits per heavy atom. The van der Waals surface area contributed by atoms with E-state index in [0.717, 1.165) is 17.9 Å². The number of carbonyl (C=O) groups excluding carboxylic acids is 1. The molecule has 1 fully saturated rings. The van der Waals surface area contributed by atoms with E-state index in [1.165, 1.54) is 0 Å². The zero-order valence-corrected chi connectivity index (χ0v) is 13.1. The van der Waals surface area contributed by atoms with E-state index in [9.17, 15) is 4.79 Å². The molecule has 1 aliphatic heterocycles. The molecule has 2 N–H and O–H groups in total. The number of hydrogen-bond donors (Lipinski definition) is 2. The number of aromatic nitrogens is 1. The molecule has 1 aromatic heterocycles. The van der Waals surface area contributed by atoms with Crippen molar-refractivity contribution in [3.63, 3.8) is 0 Å². The van der Waals surface area contributed by atoms with Crippen LogP contribution < -0.4 is 10.6 Å². The van der Waals surface area contributed by atoms with E-state index in [4.69, 9.17) is 0 Å². The average molecular weight is 294 g/mol. The standard InChI is InChI=1S/C14H22N4OS/c1-15-12-8-11(4-6-16-12)13(19)17-9-14(18(2)3)5-7-20-10-14/h4,6,8H,5,7,9-10H2,1-3H3,(H,15,16)(H,17,19)/t14-/m1/s1. The summed E-state index contributed by atoms with van der Waals surface area (Å²) < 4.78 is 0. The Bertz CT molecular complexity index is 472. The second-order valence-corrected chi connectivity index (χ2v) is 6.39. The van der Waals surface area contributed by atoms with Gasteiger partial charge in [0.1, 0.15) is 5.82 Å². The van der Waals surface area contributed by atoms with Crippen LogP contribution in [0.3, 0.4) is 0 Å². The number of amides is 1. The fourth-order valence-corrected chi connectivity index (χ4v) is 3.86. The predicted molar refractivity (Wildman–Crippen MR) is 84.5 cm³/mol. The van der Waals surface area contributed by atoms with Crippen molar-refractivity contribution in [1.29, 1.82) is 0 Å². The number of carbonyl (C=O) groups is 1. The second kappa shape index (κ2) is 6.45. The monoisotopic (exact) mass is 294 g/mol. The summed E-state index contributed by atoms with van der Waals surface area (Å²) in [5.74, 6) is 2.89. The number of nitrogens with one attached hydrogen (secondary N) is 2. The molecular formula is C14H22N4OS. The number of hydrogen-bond acceptors (Lipinski definition) is 5. The van der Waals surface area contributed by atoms with Crippen LogP contribution in [0, 0.1) is 0 Å². The van der Waals surface area contributed by atoms with Gasteiger partial charge in [0.05, 0.1) is 0 Å². The van der Waals surface area contributed by atoms with Gasteiger partial charge in [-0.15, -0.1) is 0 Å². The highest BCUT2D eigenvalue weighted by Crippen LogP contribution is 2.31. The average Bonchev–Trinajstić information content (AvgIpc) is 2.95. The Morgan fingerprint density at radius 2 is 2.35 bits per heavy atom. The molecule has 0 radical (unpaired) electrons. The van der Waals surface area contributed by atoms with Crippen molar-refractivity contribution in [2.45, 2.75) is 12.0 Å². The smallest absolute Gasteiger partial charge is 0.251 e. The normalized spacial score (nSPS) is 22.0. The molecule has 2 rings (SSSR count). The Kier molecular flexibility index (Phi) is 4.88. The van der Waals surface area contributed by atoms with E-state index in [-0.39, 0.29) is 11.4 Å². The maximum Gasteiger partial charge on any atom is 0.251 e. The van der Waals surface area contributed by atoms with E-state index in [2.05, 4.69) is 34.6 Å². The third-order valence-corrected chi connectivity index (χ3v) is 5.12. The van der Waals surface area contributed by atoms with Gasteiger partial charge < -0.3 is 15.5 Å². The lowest BCUT2D eigenvalue weighted by Crippen LogP contribution is -2.53. The Labute approximate surface area is 124 Å². The van der Waals surface area contributed by atoms with Crippen molar-refractivity contribution >= 4 is 23.5 Å². The number of anilines is 1. The summed E-state index contributed by atoms with van der Waals surface area (Å²) in [5, 5.41) is 6.01. The van der Waals surface area contributed by atoms with Gasteiger partial charge in [0.25, 0.3) is 5.91 Å². The molecule has 0 bridgehead atoms. The first kappa shape index (κ1) is 15.1. The summed E-state index contributed by atoms with van der Waals surface area (Å²) >= 11 is 1.95. The third-order valence-electron chi connectivity index (χ3n) is 3.89. The van der Waals surface area contributed by atoms with Crippen LogP contribution in [0.4, 0.5) is 5.82 Å². The Balaban J connectivity index is 2.00. The molecule has 110 valence electrons. The molecule has 1 saturated heterocycles. The van der Waals surface area contributed by atoms with Gasteiger partial charge in [0, 0.05) is 36.6 Å². The Hall–Kier alpha value is -1.27. The highest BCUT2D eigenvalue weighted by Gasteiger charge is 2.36. The minimum Gasteiger partial charge on any atom is -0.373 e. The van der Waals surface area contributed by atoms with Crippen molar-refractivity contribution in [3.05, 3.63) is 23.9 Å². The van der Waals surface area contributed by atoms with Gasteiger partial charge in [-0.3, -0.25) is 4.79 Å². The molecule has 20 heavy (non-hydrogen) atoms. The van der Waals surface area contributed by atoms with E-state index in [1.54, 1.807) is 25.4 Å². The van der Waals surface area contributed by atoms with Crippen molar-refractivity contribution < 1.29 is 4.79 Å². The second-order valence-electron chi connectivity index (χ2n) is 5.28. The van der Waals surface area contributed by atoms with Crippen molar-refractivity contribution in [3.8, 4) is 0 Å². The van der Waals surface area contributed by atoms with Crippen LogP contribution in [0.1, 0.15) is 16.8 Å². The molecular weight excluding hydrogens is 272 g/mol. The molecule has 1 amide bonds. The molecule has 6 heteroatoms. The quantitative estimate of drug-likeness (QED) is 0.857. The third kappa shape index (κ3) is 3.24. The molecule has 2 heterocycles. The van der Waals surface area contributed by atoms with Crippen LogP contribution in [0.2, 0.25) is 0 Å². The van der Waals surface area contributed by atoms with Crippen LogP contribution in [0.25, 0.3) is 0 Å². The molecule has 0 spiro atoms. The molecule has 5 nitrogen and oxygen atoms in total. The summed E-state index contributed by atoms with van der Waals surface area (Å²) in [6.45, 7) is 0.684. The van der Waals surface area contributed by atoms with Gasteiger partial charge in [-0.1, -0.05) is 0 Å². The number of likely N-dealkylation sites (N-methyl/N-ethyl adjacent to an activating group) is 1. The first-order chi connectivity index (χ1) is 9.57. The van der Waals surface area contributed by atoms with Gasteiger partial charge in [-0.05, 0) is 38.4 Å². The zero-order chi connectivity index (χ0) is 14.6. The summed E-state index contributed by atoms with van der Waals surface area (Å²) in [4.78, 5) is 18.6. The summed E-state index contributed by atoms with van der Waals surface area (Å²) in [7, 11) is 5.97. The highest BCUT2D eigenvalue weighted by molar-refractivity contribution is 7.99. The van der Waals surface area contributed by atoms with Crippen LogP contribution >= 0.6 is 11.8 Å². The van der Waals surface area contributed by atoms with E-state index in [0.29, 0.717) is 17.9 Å². The van der Waals surface area contributed by atoms with Gasteiger partial charge in [0.2, 0.25) is 0 Å². The summed E-state index contributed by atoms with van der Waals surface area (Å²) in [5.41, 5.74) is 0.725. The first-order valence-corrected chi connectivity index (χ1v) is 7.90. The number of pyridine rings is 1. The van der Waals surface area contributed by atoms with Gasteiger partial charge in [0.15, 0.2) is 0 Å². The van der Waals surface area contributed by atoms with Crippen LogP contribution in [0.5, 0.6) is 0 Å². The number of rotatable bonds is 5. The molecule has 0 unspecified atom stereocenters. The SMILES string of the molecule is CNc1cc(C(=O)NC[C@]2(N(C)C)CCSC2)ccn1. The Morgan fingerprint density at radius 1 is 1.55 bits per heavy atom. The lowest BCUT2D eigenvalue weighted by Gasteiger charge is -2.35. The summed E-state index contributed by atoms with van der Waals surface area (Å²) in [6.07, 6.45) is 2.76. The number of nitrogens with zero attached hydrogens (tertiary/aromatic N) is 2. The van der Waals surface area contributed by atoms with Crippen molar-refractivity contribution in [2.75, 3.05) is 44.5 Å². The molecule has 0 aliphatic carbocycles.